The van der Waals surface area contributed by atoms with E-state index in [0.717, 1.165) is 29.3 Å². The predicted molar refractivity (Wildman–Crippen MR) is 73.9 cm³/mol. The quantitative estimate of drug-likeness (QED) is 0.801. The van der Waals surface area contributed by atoms with Crippen LogP contribution in [0.1, 0.15) is 38.2 Å². The third-order valence-corrected chi connectivity index (χ3v) is 4.54. The maximum Gasteiger partial charge on any atom is 0.140 e. The van der Waals surface area contributed by atoms with Gasteiger partial charge in [0, 0.05) is 16.8 Å². The molecule has 98 valence electrons. The number of rotatable bonds is 3. The Balaban J connectivity index is 2.04. The molecule has 2 atom stereocenters. The van der Waals surface area contributed by atoms with Gasteiger partial charge in [0.25, 0.3) is 0 Å². The fourth-order valence-electron chi connectivity index (χ4n) is 2.74. The molecule has 1 fully saturated rings. The van der Waals surface area contributed by atoms with E-state index in [1.165, 1.54) is 18.6 Å². The molecule has 0 aliphatic heterocycles. The van der Waals surface area contributed by atoms with Crippen molar-refractivity contribution in [2.24, 2.45) is 11.8 Å². The Morgan fingerprint density at radius 2 is 2.22 bits per heavy atom. The number of carbonyl (C=O) groups is 1. The molecule has 2 unspecified atom stereocenters. The Kier molecular flexibility index (Phi) is 4.55. The number of hydrogen-bond donors (Lipinski definition) is 0. The Morgan fingerprint density at radius 1 is 1.44 bits per heavy atom. The zero-order valence-electron chi connectivity index (χ0n) is 10.6. The van der Waals surface area contributed by atoms with Gasteiger partial charge in [0.15, 0.2) is 0 Å². The molecule has 0 amide bonds. The molecule has 1 aliphatic rings. The van der Waals surface area contributed by atoms with E-state index in [-0.39, 0.29) is 17.5 Å². The Bertz CT molecular complexity index is 444. The molecule has 0 aromatic heterocycles. The van der Waals surface area contributed by atoms with Gasteiger partial charge in [-0.05, 0) is 42.5 Å². The Hall–Kier alpha value is -0.700. The van der Waals surface area contributed by atoms with Crippen LogP contribution in [0, 0.1) is 17.7 Å². The summed E-state index contributed by atoms with van der Waals surface area (Å²) in [6.45, 7) is 2.21. The molecule has 1 aromatic rings. The van der Waals surface area contributed by atoms with Crippen molar-refractivity contribution in [3.05, 3.63) is 34.1 Å². The van der Waals surface area contributed by atoms with E-state index in [9.17, 15) is 9.18 Å². The maximum atomic E-state index is 13.2. The molecule has 0 heterocycles. The van der Waals surface area contributed by atoms with E-state index in [1.54, 1.807) is 6.07 Å². The van der Waals surface area contributed by atoms with Gasteiger partial charge in [-0.25, -0.2) is 4.39 Å². The highest BCUT2D eigenvalue weighted by Gasteiger charge is 2.25. The van der Waals surface area contributed by atoms with Crippen molar-refractivity contribution in [1.29, 1.82) is 0 Å². The molecule has 0 N–H and O–H groups in total. The minimum absolute atomic E-state index is 0.170. The van der Waals surface area contributed by atoms with Crippen LogP contribution in [-0.2, 0) is 11.2 Å². The molecule has 0 radical (unpaired) electrons. The van der Waals surface area contributed by atoms with Crippen molar-refractivity contribution in [3.63, 3.8) is 0 Å². The van der Waals surface area contributed by atoms with Crippen LogP contribution in [0.2, 0.25) is 0 Å². The van der Waals surface area contributed by atoms with E-state index in [0.29, 0.717) is 12.3 Å². The minimum atomic E-state index is -0.280. The van der Waals surface area contributed by atoms with Crippen LogP contribution in [0.3, 0.4) is 0 Å². The first-order chi connectivity index (χ1) is 8.56. The molecule has 18 heavy (non-hydrogen) atoms. The lowest BCUT2D eigenvalue weighted by atomic mass is 9.79. The highest BCUT2D eigenvalue weighted by atomic mass is 79.9. The van der Waals surface area contributed by atoms with E-state index in [2.05, 4.69) is 22.9 Å². The summed E-state index contributed by atoms with van der Waals surface area (Å²) in [4.78, 5) is 12.2. The smallest absolute Gasteiger partial charge is 0.140 e. The molecular weight excluding hydrogens is 295 g/mol. The molecule has 0 saturated heterocycles. The second-order valence-electron chi connectivity index (χ2n) is 5.35. The number of ketones is 1. The number of Topliss-reactive ketones (excluding diaryl/α,β-unsaturated/α-hetero) is 1. The third-order valence-electron chi connectivity index (χ3n) is 3.76. The zero-order chi connectivity index (χ0) is 13.1. The molecule has 1 saturated carbocycles. The van der Waals surface area contributed by atoms with Crippen molar-refractivity contribution in [3.8, 4) is 0 Å². The number of carbonyl (C=O) groups excluding carboxylic acids is 1. The van der Waals surface area contributed by atoms with Crippen molar-refractivity contribution in [2.45, 2.75) is 39.0 Å². The largest absolute Gasteiger partial charge is 0.299 e. The lowest BCUT2D eigenvalue weighted by molar-refractivity contribution is -0.123. The lowest BCUT2D eigenvalue weighted by Gasteiger charge is -2.25. The average molecular weight is 313 g/mol. The summed E-state index contributed by atoms with van der Waals surface area (Å²) in [5.74, 6) is 0.790. The second kappa shape index (κ2) is 5.96. The highest BCUT2D eigenvalue weighted by Crippen LogP contribution is 2.30. The van der Waals surface area contributed by atoms with Crippen LogP contribution < -0.4 is 0 Å². The van der Waals surface area contributed by atoms with Crippen molar-refractivity contribution in [1.82, 2.24) is 0 Å². The van der Waals surface area contributed by atoms with E-state index in [1.807, 2.05) is 0 Å². The Labute approximate surface area is 116 Å². The summed E-state index contributed by atoms with van der Waals surface area (Å²) in [7, 11) is 0. The van der Waals surface area contributed by atoms with Gasteiger partial charge < -0.3 is 0 Å². The van der Waals surface area contributed by atoms with Gasteiger partial charge in [-0.3, -0.25) is 4.79 Å². The van der Waals surface area contributed by atoms with Gasteiger partial charge in [-0.1, -0.05) is 35.7 Å². The fraction of sp³-hybridized carbons (Fsp3) is 0.533. The molecule has 3 heteroatoms. The number of benzene rings is 1. The molecule has 0 spiro atoms. The van der Waals surface area contributed by atoms with Crippen LogP contribution in [0.4, 0.5) is 4.39 Å². The summed E-state index contributed by atoms with van der Waals surface area (Å²) in [6, 6.07) is 4.52. The van der Waals surface area contributed by atoms with Gasteiger partial charge in [0.2, 0.25) is 0 Å². The second-order valence-corrected chi connectivity index (χ2v) is 6.20. The molecule has 1 aromatic carbocycles. The molecule has 0 bridgehead atoms. The fourth-order valence-corrected chi connectivity index (χ4v) is 3.12. The van der Waals surface area contributed by atoms with E-state index >= 15 is 0 Å². The van der Waals surface area contributed by atoms with Crippen molar-refractivity contribution < 1.29 is 9.18 Å². The standard InChI is InChI=1S/C15H18BrFO/c1-10-3-2-4-11(7-10)15(18)9-12-8-13(17)5-6-14(12)16/h5-6,8,10-11H,2-4,7,9H2,1H3. The van der Waals surface area contributed by atoms with Crippen LogP contribution in [0.5, 0.6) is 0 Å². The monoisotopic (exact) mass is 312 g/mol. The summed E-state index contributed by atoms with van der Waals surface area (Å²) >= 11 is 3.38. The van der Waals surface area contributed by atoms with Crippen LogP contribution in [0.15, 0.2) is 22.7 Å². The summed E-state index contributed by atoms with van der Waals surface area (Å²) < 4.78 is 14.0. The normalized spacial score (nSPS) is 23.9. The molecule has 1 aliphatic carbocycles. The van der Waals surface area contributed by atoms with Crippen molar-refractivity contribution in [2.75, 3.05) is 0 Å². The highest BCUT2D eigenvalue weighted by molar-refractivity contribution is 9.10. The van der Waals surface area contributed by atoms with Gasteiger partial charge in [0.05, 0.1) is 0 Å². The third kappa shape index (κ3) is 3.41. The first kappa shape index (κ1) is 13.7. The molecule has 1 nitrogen and oxygen atoms in total. The van der Waals surface area contributed by atoms with Gasteiger partial charge >= 0.3 is 0 Å². The summed E-state index contributed by atoms with van der Waals surface area (Å²) in [5, 5.41) is 0. The Morgan fingerprint density at radius 3 is 2.94 bits per heavy atom. The minimum Gasteiger partial charge on any atom is -0.299 e. The topological polar surface area (TPSA) is 17.1 Å². The van der Waals surface area contributed by atoms with Crippen LogP contribution in [0.25, 0.3) is 0 Å². The summed E-state index contributed by atoms with van der Waals surface area (Å²) in [5.41, 5.74) is 0.762. The van der Waals surface area contributed by atoms with Gasteiger partial charge in [-0.15, -0.1) is 0 Å². The SMILES string of the molecule is CC1CCCC(C(=O)Cc2cc(F)ccc2Br)C1. The number of hydrogen-bond acceptors (Lipinski definition) is 1. The lowest BCUT2D eigenvalue weighted by Crippen LogP contribution is -2.23. The molecule has 2 rings (SSSR count). The number of halogens is 2. The maximum absolute atomic E-state index is 13.2. The molecular formula is C15H18BrFO. The first-order valence-electron chi connectivity index (χ1n) is 6.53. The van der Waals surface area contributed by atoms with Crippen molar-refractivity contribution >= 4 is 21.7 Å². The van der Waals surface area contributed by atoms with Crippen LogP contribution in [-0.4, -0.2) is 5.78 Å². The summed E-state index contributed by atoms with van der Waals surface area (Å²) in [6.07, 6.45) is 4.70. The van der Waals surface area contributed by atoms with E-state index in [4.69, 9.17) is 0 Å². The first-order valence-corrected chi connectivity index (χ1v) is 7.32. The zero-order valence-corrected chi connectivity index (χ0v) is 12.2. The van der Waals surface area contributed by atoms with Gasteiger partial charge in [0.1, 0.15) is 11.6 Å². The van der Waals surface area contributed by atoms with E-state index < -0.39 is 0 Å². The van der Waals surface area contributed by atoms with Gasteiger partial charge in [-0.2, -0.15) is 0 Å². The average Bonchev–Trinajstić information content (AvgIpc) is 2.34. The van der Waals surface area contributed by atoms with Crippen LogP contribution >= 0.6 is 15.9 Å². The predicted octanol–water partition coefficient (Wildman–Crippen LogP) is 4.53.